The van der Waals surface area contributed by atoms with Crippen molar-refractivity contribution in [2.45, 2.75) is 26.3 Å². The van der Waals surface area contributed by atoms with Crippen LogP contribution in [0.25, 0.3) is 0 Å². The van der Waals surface area contributed by atoms with Gasteiger partial charge in [-0.25, -0.2) is 0 Å². The number of hydrogen-bond acceptors (Lipinski definition) is 2. The van der Waals surface area contributed by atoms with Crippen molar-refractivity contribution >= 4 is 5.78 Å². The molecular formula is C7H13NO. The topological polar surface area (TPSA) is 43.1 Å². The summed E-state index contributed by atoms with van der Waals surface area (Å²) in [6.45, 7) is 3.85. The molecule has 2 N–H and O–H groups in total. The highest BCUT2D eigenvalue weighted by atomic mass is 16.1. The summed E-state index contributed by atoms with van der Waals surface area (Å²) < 4.78 is 0. The number of Topliss-reactive ketones (excluding diaryl/α,β-unsaturated/α-hetero) is 1. The van der Waals surface area contributed by atoms with Crippen LogP contribution in [-0.4, -0.2) is 11.8 Å². The maximum Gasteiger partial charge on any atom is 0.140 e. The number of carbonyl (C=O) groups is 1. The molecule has 0 aromatic heterocycles. The Bertz CT molecular complexity index is 131. The first-order valence-electron chi connectivity index (χ1n) is 3.42. The molecule has 1 saturated carbocycles. The molecule has 0 heterocycles. The van der Waals surface area contributed by atoms with Crippen molar-refractivity contribution in [3.63, 3.8) is 0 Å². The zero-order valence-corrected chi connectivity index (χ0v) is 5.92. The predicted octanol–water partition coefficient (Wildman–Crippen LogP) is 0.559. The fourth-order valence-corrected chi connectivity index (χ4v) is 0.970. The van der Waals surface area contributed by atoms with E-state index >= 15 is 0 Å². The fourth-order valence-electron chi connectivity index (χ4n) is 0.970. The molecule has 1 aliphatic rings. The second-order valence-electron chi connectivity index (χ2n) is 3.06. The van der Waals surface area contributed by atoms with Crippen molar-refractivity contribution in [3.05, 3.63) is 0 Å². The molecule has 0 spiro atoms. The van der Waals surface area contributed by atoms with Crippen LogP contribution < -0.4 is 5.73 Å². The van der Waals surface area contributed by atoms with E-state index in [-0.39, 0.29) is 17.9 Å². The van der Waals surface area contributed by atoms with Gasteiger partial charge in [0, 0.05) is 17.9 Å². The SMILES string of the molecule is CC(C)C(=O)[C@H]1C[C@H]1N. The molecule has 0 bridgehead atoms. The molecule has 2 nitrogen and oxygen atoms in total. The molecule has 9 heavy (non-hydrogen) atoms. The minimum Gasteiger partial charge on any atom is -0.327 e. The Morgan fingerprint density at radius 1 is 1.67 bits per heavy atom. The third-order valence-corrected chi connectivity index (χ3v) is 1.77. The second kappa shape index (κ2) is 2.10. The van der Waals surface area contributed by atoms with Gasteiger partial charge in [-0.1, -0.05) is 13.8 Å². The van der Waals surface area contributed by atoms with E-state index in [0.29, 0.717) is 5.78 Å². The molecule has 0 unspecified atom stereocenters. The lowest BCUT2D eigenvalue weighted by Crippen LogP contribution is -2.15. The summed E-state index contributed by atoms with van der Waals surface area (Å²) in [5.74, 6) is 0.705. The van der Waals surface area contributed by atoms with Crippen LogP contribution in [0.15, 0.2) is 0 Å². The fraction of sp³-hybridized carbons (Fsp3) is 0.857. The Balaban J connectivity index is 2.36. The van der Waals surface area contributed by atoms with Gasteiger partial charge >= 0.3 is 0 Å². The Morgan fingerprint density at radius 2 is 2.11 bits per heavy atom. The van der Waals surface area contributed by atoms with E-state index in [9.17, 15) is 4.79 Å². The molecule has 2 atom stereocenters. The van der Waals surface area contributed by atoms with E-state index in [1.54, 1.807) is 0 Å². The molecule has 2 heteroatoms. The normalized spacial score (nSPS) is 32.9. The summed E-state index contributed by atoms with van der Waals surface area (Å²) in [7, 11) is 0. The molecule has 1 rings (SSSR count). The third kappa shape index (κ3) is 1.30. The monoisotopic (exact) mass is 127 g/mol. The van der Waals surface area contributed by atoms with Crippen LogP contribution in [0.5, 0.6) is 0 Å². The van der Waals surface area contributed by atoms with Crippen molar-refractivity contribution in [1.82, 2.24) is 0 Å². The summed E-state index contributed by atoms with van der Waals surface area (Å²) in [5.41, 5.74) is 5.48. The van der Waals surface area contributed by atoms with E-state index in [1.165, 1.54) is 0 Å². The molecule has 0 radical (unpaired) electrons. The van der Waals surface area contributed by atoms with Gasteiger partial charge in [-0.3, -0.25) is 4.79 Å². The molecule has 1 fully saturated rings. The smallest absolute Gasteiger partial charge is 0.140 e. The molecule has 0 aromatic carbocycles. The van der Waals surface area contributed by atoms with Crippen molar-refractivity contribution in [1.29, 1.82) is 0 Å². The van der Waals surface area contributed by atoms with Crippen LogP contribution in [0.3, 0.4) is 0 Å². The number of hydrogen-bond donors (Lipinski definition) is 1. The first-order chi connectivity index (χ1) is 4.13. The van der Waals surface area contributed by atoms with Crippen LogP contribution in [0.4, 0.5) is 0 Å². The number of rotatable bonds is 2. The zero-order valence-electron chi connectivity index (χ0n) is 5.92. The van der Waals surface area contributed by atoms with Crippen LogP contribution in [0.2, 0.25) is 0 Å². The van der Waals surface area contributed by atoms with E-state index < -0.39 is 0 Å². The highest BCUT2D eigenvalue weighted by Crippen LogP contribution is 2.30. The summed E-state index contributed by atoms with van der Waals surface area (Å²) in [5, 5.41) is 0. The first kappa shape index (κ1) is 6.75. The van der Waals surface area contributed by atoms with Gasteiger partial charge in [0.05, 0.1) is 0 Å². The standard InChI is InChI=1S/C7H13NO/c1-4(2)7(9)5-3-6(5)8/h4-6H,3,8H2,1-2H3/t5-,6+/m0/s1. The lowest BCUT2D eigenvalue weighted by molar-refractivity contribution is -0.123. The lowest BCUT2D eigenvalue weighted by Gasteiger charge is -1.99. The highest BCUT2D eigenvalue weighted by molar-refractivity contribution is 5.86. The van der Waals surface area contributed by atoms with Gasteiger partial charge in [0.2, 0.25) is 0 Å². The minimum atomic E-state index is 0.170. The summed E-state index contributed by atoms with van der Waals surface area (Å²) >= 11 is 0. The van der Waals surface area contributed by atoms with Crippen molar-refractivity contribution in [2.75, 3.05) is 0 Å². The second-order valence-corrected chi connectivity index (χ2v) is 3.06. The molecule has 0 aliphatic heterocycles. The van der Waals surface area contributed by atoms with Crippen molar-refractivity contribution in [2.24, 2.45) is 17.6 Å². The van der Waals surface area contributed by atoms with Crippen molar-refractivity contribution < 1.29 is 4.79 Å². The molecule has 0 aromatic rings. The van der Waals surface area contributed by atoms with Crippen LogP contribution in [-0.2, 0) is 4.79 Å². The Labute approximate surface area is 55.4 Å². The van der Waals surface area contributed by atoms with Crippen LogP contribution in [0.1, 0.15) is 20.3 Å². The Kier molecular flexibility index (Phi) is 1.58. The Morgan fingerprint density at radius 3 is 2.22 bits per heavy atom. The van der Waals surface area contributed by atoms with Gasteiger partial charge in [0.1, 0.15) is 5.78 Å². The van der Waals surface area contributed by atoms with Crippen LogP contribution in [0, 0.1) is 11.8 Å². The number of carbonyl (C=O) groups excluding carboxylic acids is 1. The summed E-state index contributed by atoms with van der Waals surface area (Å²) in [6, 6.07) is 0.180. The number of ketones is 1. The molecule has 1 aliphatic carbocycles. The van der Waals surface area contributed by atoms with Gasteiger partial charge in [-0.2, -0.15) is 0 Å². The largest absolute Gasteiger partial charge is 0.327 e. The lowest BCUT2D eigenvalue weighted by atomic mass is 10.1. The molecule has 0 saturated heterocycles. The minimum absolute atomic E-state index is 0.170. The van der Waals surface area contributed by atoms with E-state index in [4.69, 9.17) is 5.73 Å². The van der Waals surface area contributed by atoms with Gasteiger partial charge in [-0.15, -0.1) is 0 Å². The highest BCUT2D eigenvalue weighted by Gasteiger charge is 2.40. The first-order valence-corrected chi connectivity index (χ1v) is 3.42. The quantitative estimate of drug-likeness (QED) is 0.589. The summed E-state index contributed by atoms with van der Waals surface area (Å²) in [6.07, 6.45) is 0.914. The van der Waals surface area contributed by atoms with Gasteiger partial charge < -0.3 is 5.73 Å². The van der Waals surface area contributed by atoms with E-state index in [0.717, 1.165) is 6.42 Å². The Hall–Kier alpha value is -0.370. The number of nitrogens with two attached hydrogens (primary N) is 1. The van der Waals surface area contributed by atoms with Gasteiger partial charge in [-0.05, 0) is 6.42 Å². The average molecular weight is 127 g/mol. The predicted molar refractivity (Wildman–Crippen MR) is 35.9 cm³/mol. The molecule has 52 valence electrons. The van der Waals surface area contributed by atoms with Gasteiger partial charge in [0.15, 0.2) is 0 Å². The van der Waals surface area contributed by atoms with E-state index in [2.05, 4.69) is 0 Å². The van der Waals surface area contributed by atoms with E-state index in [1.807, 2.05) is 13.8 Å². The summed E-state index contributed by atoms with van der Waals surface area (Å²) in [4.78, 5) is 11.0. The zero-order chi connectivity index (χ0) is 7.02. The molecular weight excluding hydrogens is 114 g/mol. The maximum atomic E-state index is 11.0. The average Bonchev–Trinajstić information content (AvgIpc) is 2.44. The van der Waals surface area contributed by atoms with Gasteiger partial charge in [0.25, 0.3) is 0 Å². The third-order valence-electron chi connectivity index (χ3n) is 1.77. The van der Waals surface area contributed by atoms with Crippen molar-refractivity contribution in [3.8, 4) is 0 Å². The molecule has 0 amide bonds. The maximum absolute atomic E-state index is 11.0. The van der Waals surface area contributed by atoms with Crippen LogP contribution >= 0.6 is 0 Å².